The van der Waals surface area contributed by atoms with E-state index in [1.807, 2.05) is 0 Å². The molecule has 0 saturated carbocycles. The lowest BCUT2D eigenvalue weighted by Gasteiger charge is -2.49. The maximum atomic E-state index is 14.4. The van der Waals surface area contributed by atoms with Crippen LogP contribution in [-0.4, -0.2) is 83.4 Å². The summed E-state index contributed by atoms with van der Waals surface area (Å²) in [5.74, 6) is 1.06. The number of hydrogen-bond donors (Lipinski definition) is 1. The molecule has 1 aromatic carbocycles. The molecule has 5 aliphatic heterocycles. The van der Waals surface area contributed by atoms with Crippen LogP contribution in [-0.2, 0) is 24.9 Å². The van der Waals surface area contributed by atoms with Crippen molar-refractivity contribution < 1.29 is 9.13 Å². The van der Waals surface area contributed by atoms with Crippen molar-refractivity contribution in [1.82, 2.24) is 25.1 Å². The molecule has 1 aliphatic carbocycles. The summed E-state index contributed by atoms with van der Waals surface area (Å²) >= 11 is 0. The molecular weight excluding hydrogens is 491 g/mol. The highest BCUT2D eigenvalue weighted by Gasteiger charge is 2.50. The number of aromatic nitrogens is 2. The summed E-state index contributed by atoms with van der Waals surface area (Å²) < 4.78 is 20.9. The fourth-order valence-electron chi connectivity index (χ4n) is 9.03. The van der Waals surface area contributed by atoms with Crippen molar-refractivity contribution in [3.63, 3.8) is 0 Å². The van der Waals surface area contributed by atoms with Crippen molar-refractivity contribution in [2.24, 2.45) is 0 Å². The Kier molecular flexibility index (Phi) is 5.73. The first-order valence-electron chi connectivity index (χ1n) is 15.2. The average Bonchev–Trinajstić information content (AvgIpc) is 3.58. The van der Waals surface area contributed by atoms with Gasteiger partial charge in [-0.1, -0.05) is 24.3 Å². The van der Waals surface area contributed by atoms with E-state index < -0.39 is 6.17 Å². The van der Waals surface area contributed by atoms with Crippen molar-refractivity contribution in [1.29, 1.82) is 0 Å². The second-order valence-electron chi connectivity index (χ2n) is 13.2. The SMILES string of the molecule is CN1Cc2c(nc(OC[C@@]34CCCN3C[C@H](F)C4)nc2N2CC3CCC(C2)N3)C[C@]12CCCc1ccccc12. The number of ether oxygens (including phenoxy) is 1. The Balaban J connectivity index is 1.17. The monoisotopic (exact) mass is 532 g/mol. The number of rotatable bonds is 4. The number of likely N-dealkylation sites (N-methyl/N-ethyl adjacent to an activating group) is 1. The van der Waals surface area contributed by atoms with E-state index in [-0.39, 0.29) is 11.1 Å². The highest BCUT2D eigenvalue weighted by Crippen LogP contribution is 2.47. The minimum atomic E-state index is -0.757. The van der Waals surface area contributed by atoms with Crippen molar-refractivity contribution in [2.45, 2.75) is 93.7 Å². The van der Waals surface area contributed by atoms with Crippen LogP contribution in [0.15, 0.2) is 24.3 Å². The van der Waals surface area contributed by atoms with Gasteiger partial charge < -0.3 is 15.0 Å². The number of fused-ring (bicyclic) bond motifs is 6. The molecule has 6 aliphatic rings. The first-order chi connectivity index (χ1) is 19.0. The number of anilines is 1. The fourth-order valence-corrected chi connectivity index (χ4v) is 9.03. The highest BCUT2D eigenvalue weighted by molar-refractivity contribution is 5.54. The van der Waals surface area contributed by atoms with E-state index >= 15 is 0 Å². The lowest BCUT2D eigenvalue weighted by molar-refractivity contribution is 0.0713. The molecule has 8 rings (SSSR count). The van der Waals surface area contributed by atoms with E-state index in [1.165, 1.54) is 36.0 Å². The molecule has 6 heterocycles. The summed E-state index contributed by atoms with van der Waals surface area (Å²) in [6.45, 7) is 4.80. The molecular formula is C31H41FN6O. The summed E-state index contributed by atoms with van der Waals surface area (Å²) in [7, 11) is 2.29. The predicted octanol–water partition coefficient (Wildman–Crippen LogP) is 3.59. The van der Waals surface area contributed by atoms with Gasteiger partial charge in [-0.05, 0) is 69.7 Å². The van der Waals surface area contributed by atoms with Gasteiger partial charge in [-0.15, -0.1) is 0 Å². The van der Waals surface area contributed by atoms with Crippen LogP contribution in [0.5, 0.6) is 6.01 Å². The maximum Gasteiger partial charge on any atom is 0.318 e. The smallest absolute Gasteiger partial charge is 0.318 e. The molecule has 7 nitrogen and oxygen atoms in total. The third-order valence-corrected chi connectivity index (χ3v) is 10.9. The molecule has 0 radical (unpaired) electrons. The van der Waals surface area contributed by atoms with Gasteiger partial charge in [0.15, 0.2) is 0 Å². The van der Waals surface area contributed by atoms with Crippen molar-refractivity contribution in [2.75, 3.05) is 44.7 Å². The molecule has 1 aromatic heterocycles. The minimum absolute atomic E-state index is 0.0406. The Hall–Kier alpha value is -2.29. The first-order valence-corrected chi connectivity index (χ1v) is 15.2. The van der Waals surface area contributed by atoms with Gasteiger partial charge in [0.05, 0.1) is 16.8 Å². The first kappa shape index (κ1) is 24.5. The van der Waals surface area contributed by atoms with Crippen molar-refractivity contribution in [3.05, 3.63) is 46.6 Å². The number of aryl methyl sites for hydroxylation is 1. The maximum absolute atomic E-state index is 14.4. The second kappa shape index (κ2) is 9.11. The zero-order valence-corrected chi connectivity index (χ0v) is 23.2. The lowest BCUT2D eigenvalue weighted by Crippen LogP contribution is -2.53. The molecule has 4 fully saturated rings. The Morgan fingerprint density at radius 1 is 1.08 bits per heavy atom. The van der Waals surface area contributed by atoms with Crippen LogP contribution < -0.4 is 15.0 Å². The highest BCUT2D eigenvalue weighted by atomic mass is 19.1. The summed E-state index contributed by atoms with van der Waals surface area (Å²) in [4.78, 5) is 17.7. The molecule has 2 unspecified atom stereocenters. The van der Waals surface area contributed by atoms with Gasteiger partial charge in [0.1, 0.15) is 18.6 Å². The summed E-state index contributed by atoms with van der Waals surface area (Å²) in [6, 6.07) is 10.6. The number of nitrogens with zero attached hydrogens (tertiary/aromatic N) is 5. The van der Waals surface area contributed by atoms with E-state index in [9.17, 15) is 4.39 Å². The van der Waals surface area contributed by atoms with Gasteiger partial charge in [-0.2, -0.15) is 9.97 Å². The molecule has 1 spiro atoms. The van der Waals surface area contributed by atoms with Crippen LogP contribution in [0.1, 0.15) is 67.3 Å². The van der Waals surface area contributed by atoms with Crippen LogP contribution >= 0.6 is 0 Å². The third-order valence-electron chi connectivity index (χ3n) is 10.9. The standard InChI is InChI=1S/C31H41FN6O/c1-36-19-25-27(15-31(36)12-4-7-21-6-2-3-8-26(21)31)34-29(35-28(25)37-17-23-9-10-24(18-37)33-23)39-20-30-11-5-13-38(30)16-22(32)14-30/h2-3,6,8,22-24,33H,4-5,7,9-20H2,1H3/t22-,23?,24?,30+,31+/m1/s1. The molecule has 8 heteroatoms. The van der Waals surface area contributed by atoms with Gasteiger partial charge in [-0.3, -0.25) is 9.80 Å². The number of nitrogens with one attached hydrogen (secondary N) is 1. The topological polar surface area (TPSA) is 56.8 Å². The number of hydrogen-bond acceptors (Lipinski definition) is 7. The quantitative estimate of drug-likeness (QED) is 0.646. The Labute approximate surface area is 231 Å². The van der Waals surface area contributed by atoms with Crippen LogP contribution in [0, 0.1) is 0 Å². The summed E-state index contributed by atoms with van der Waals surface area (Å²) in [6.07, 6.45) is 8.76. The Morgan fingerprint density at radius 3 is 2.79 bits per heavy atom. The van der Waals surface area contributed by atoms with Gasteiger partial charge in [-0.25, -0.2) is 4.39 Å². The molecule has 4 saturated heterocycles. The number of halogens is 1. The molecule has 2 bridgehead atoms. The zero-order valence-electron chi connectivity index (χ0n) is 23.2. The summed E-state index contributed by atoms with van der Waals surface area (Å²) in [5, 5.41) is 3.77. The van der Waals surface area contributed by atoms with Crippen LogP contribution in [0.4, 0.5) is 10.2 Å². The van der Waals surface area contributed by atoms with Crippen molar-refractivity contribution in [3.8, 4) is 6.01 Å². The average molecular weight is 533 g/mol. The van der Waals surface area contributed by atoms with Crippen LogP contribution in [0.25, 0.3) is 0 Å². The largest absolute Gasteiger partial charge is 0.461 e. The van der Waals surface area contributed by atoms with Gasteiger partial charge >= 0.3 is 6.01 Å². The van der Waals surface area contributed by atoms with E-state index in [0.29, 0.717) is 37.7 Å². The number of benzene rings is 1. The Bertz CT molecular complexity index is 1260. The normalized spacial score (nSPS) is 35.7. The van der Waals surface area contributed by atoms with E-state index in [1.54, 1.807) is 0 Å². The van der Waals surface area contributed by atoms with Crippen molar-refractivity contribution >= 4 is 5.82 Å². The molecule has 0 amide bonds. The molecule has 1 N–H and O–H groups in total. The lowest BCUT2D eigenvalue weighted by atomic mass is 9.71. The molecule has 208 valence electrons. The predicted molar refractivity (Wildman–Crippen MR) is 149 cm³/mol. The third kappa shape index (κ3) is 3.92. The molecule has 2 aromatic rings. The minimum Gasteiger partial charge on any atom is -0.461 e. The van der Waals surface area contributed by atoms with E-state index in [0.717, 1.165) is 69.8 Å². The van der Waals surface area contributed by atoms with Crippen LogP contribution in [0.2, 0.25) is 0 Å². The second-order valence-corrected chi connectivity index (χ2v) is 13.2. The van der Waals surface area contributed by atoms with Gasteiger partial charge in [0.2, 0.25) is 0 Å². The van der Waals surface area contributed by atoms with Crippen LogP contribution in [0.3, 0.4) is 0 Å². The van der Waals surface area contributed by atoms with Gasteiger partial charge in [0.25, 0.3) is 0 Å². The molecule has 5 atom stereocenters. The van der Waals surface area contributed by atoms with E-state index in [2.05, 4.69) is 51.3 Å². The number of alkyl halides is 1. The van der Waals surface area contributed by atoms with E-state index in [4.69, 9.17) is 14.7 Å². The summed E-state index contributed by atoms with van der Waals surface area (Å²) in [5.41, 5.74) is 5.12. The van der Waals surface area contributed by atoms with Gasteiger partial charge in [0, 0.05) is 56.7 Å². The zero-order chi connectivity index (χ0) is 26.2. The Morgan fingerprint density at radius 2 is 1.92 bits per heavy atom. The fraction of sp³-hybridized carbons (Fsp3) is 0.677. The molecule has 39 heavy (non-hydrogen) atoms. The number of piperazine rings is 1.